The Bertz CT molecular complexity index is 627. The molecule has 2 fully saturated rings. The van der Waals surface area contributed by atoms with Gasteiger partial charge in [0, 0.05) is 23.1 Å². The Kier molecular flexibility index (Phi) is 4.16. The number of amides is 1. The molecule has 5 nitrogen and oxygen atoms in total. The van der Waals surface area contributed by atoms with Crippen molar-refractivity contribution in [3.63, 3.8) is 0 Å². The third kappa shape index (κ3) is 2.52. The summed E-state index contributed by atoms with van der Waals surface area (Å²) < 4.78 is 0. The summed E-state index contributed by atoms with van der Waals surface area (Å²) in [5.74, 6) is -1.27. The van der Waals surface area contributed by atoms with Gasteiger partial charge in [0.15, 0.2) is 5.78 Å². The SMILES string of the molecule is CON1CCC2(CC1)NC(=O)C(c1ccc(Cl)cc1Cl)C2=O. The van der Waals surface area contributed by atoms with Crippen molar-refractivity contribution >= 4 is 34.9 Å². The van der Waals surface area contributed by atoms with Crippen LogP contribution in [0.3, 0.4) is 0 Å². The number of benzene rings is 1. The van der Waals surface area contributed by atoms with Gasteiger partial charge in [-0.15, -0.1) is 0 Å². The lowest BCUT2D eigenvalue weighted by atomic mass is 9.81. The van der Waals surface area contributed by atoms with Crippen LogP contribution in [0.5, 0.6) is 0 Å². The smallest absolute Gasteiger partial charge is 0.236 e. The number of hydrogen-bond donors (Lipinski definition) is 1. The van der Waals surface area contributed by atoms with E-state index in [9.17, 15) is 9.59 Å². The molecule has 0 aromatic heterocycles. The first kappa shape index (κ1) is 15.7. The summed E-state index contributed by atoms with van der Waals surface area (Å²) in [6.45, 7) is 1.20. The molecule has 2 saturated heterocycles. The van der Waals surface area contributed by atoms with Crippen molar-refractivity contribution in [2.45, 2.75) is 24.3 Å². The van der Waals surface area contributed by atoms with Crippen LogP contribution in [0.4, 0.5) is 0 Å². The monoisotopic (exact) mass is 342 g/mol. The lowest BCUT2D eigenvalue weighted by Gasteiger charge is -2.36. The molecule has 1 atom stereocenters. The van der Waals surface area contributed by atoms with Gasteiger partial charge in [0.2, 0.25) is 5.91 Å². The molecule has 22 heavy (non-hydrogen) atoms. The molecule has 1 spiro atoms. The maximum absolute atomic E-state index is 12.9. The van der Waals surface area contributed by atoms with Gasteiger partial charge < -0.3 is 10.2 Å². The van der Waals surface area contributed by atoms with Gasteiger partial charge in [0.25, 0.3) is 0 Å². The Labute approximate surface area is 138 Å². The van der Waals surface area contributed by atoms with Crippen LogP contribution in [0.2, 0.25) is 10.0 Å². The molecule has 118 valence electrons. The fraction of sp³-hybridized carbons (Fsp3) is 0.467. The van der Waals surface area contributed by atoms with Crippen LogP contribution >= 0.6 is 23.2 Å². The van der Waals surface area contributed by atoms with E-state index in [0.29, 0.717) is 41.5 Å². The summed E-state index contributed by atoms with van der Waals surface area (Å²) >= 11 is 12.0. The number of ketones is 1. The van der Waals surface area contributed by atoms with E-state index in [2.05, 4.69) is 5.32 Å². The van der Waals surface area contributed by atoms with Crippen LogP contribution in [0.15, 0.2) is 18.2 Å². The van der Waals surface area contributed by atoms with Gasteiger partial charge in [-0.1, -0.05) is 29.3 Å². The highest BCUT2D eigenvalue weighted by molar-refractivity contribution is 6.36. The average molecular weight is 343 g/mol. The van der Waals surface area contributed by atoms with Crippen molar-refractivity contribution in [3.05, 3.63) is 33.8 Å². The van der Waals surface area contributed by atoms with E-state index in [0.717, 1.165) is 0 Å². The number of hydrogen-bond acceptors (Lipinski definition) is 4. The molecule has 3 rings (SSSR count). The molecule has 0 saturated carbocycles. The van der Waals surface area contributed by atoms with Crippen LogP contribution in [-0.4, -0.2) is 42.5 Å². The third-order valence-corrected chi connectivity index (χ3v) is 5.03. The lowest BCUT2D eigenvalue weighted by molar-refractivity contribution is -0.156. The van der Waals surface area contributed by atoms with Crippen molar-refractivity contribution in [1.82, 2.24) is 10.4 Å². The van der Waals surface area contributed by atoms with Crippen molar-refractivity contribution in [2.24, 2.45) is 0 Å². The maximum Gasteiger partial charge on any atom is 0.236 e. The molecule has 1 N–H and O–H groups in total. The Morgan fingerprint density at radius 1 is 1.27 bits per heavy atom. The predicted molar refractivity (Wildman–Crippen MR) is 82.9 cm³/mol. The molecule has 1 unspecified atom stereocenters. The zero-order valence-corrected chi connectivity index (χ0v) is 13.6. The highest BCUT2D eigenvalue weighted by Crippen LogP contribution is 2.39. The van der Waals surface area contributed by atoms with Gasteiger partial charge in [0.05, 0.1) is 7.11 Å². The lowest BCUT2D eigenvalue weighted by Crippen LogP contribution is -2.54. The molecule has 0 aliphatic carbocycles. The minimum Gasteiger partial charge on any atom is -0.343 e. The number of carbonyl (C=O) groups is 2. The van der Waals surface area contributed by atoms with E-state index >= 15 is 0 Å². The standard InChI is InChI=1S/C15H16Cl2N2O3/c1-22-19-6-4-15(5-7-19)13(20)12(14(21)18-15)10-3-2-9(16)8-11(10)17/h2-3,8,12H,4-7H2,1H3,(H,18,21). The highest BCUT2D eigenvalue weighted by atomic mass is 35.5. The largest absolute Gasteiger partial charge is 0.343 e. The molecule has 2 aliphatic heterocycles. The molecule has 1 aromatic carbocycles. The molecule has 2 heterocycles. The Hall–Kier alpha value is -1.14. The van der Waals surface area contributed by atoms with Gasteiger partial charge in [-0.3, -0.25) is 9.59 Å². The molecule has 2 aliphatic rings. The minimum absolute atomic E-state index is 0.113. The van der Waals surface area contributed by atoms with Gasteiger partial charge in [-0.25, -0.2) is 0 Å². The number of halogens is 2. The quantitative estimate of drug-likeness (QED) is 0.837. The Morgan fingerprint density at radius 3 is 2.55 bits per heavy atom. The number of nitrogens with zero attached hydrogens (tertiary/aromatic N) is 1. The minimum atomic E-state index is -0.862. The average Bonchev–Trinajstić information content (AvgIpc) is 2.72. The first-order valence-corrected chi connectivity index (χ1v) is 7.83. The highest BCUT2D eigenvalue weighted by Gasteiger charge is 2.54. The molecule has 0 radical (unpaired) electrons. The Balaban J connectivity index is 1.89. The second-order valence-corrected chi connectivity index (χ2v) is 6.49. The van der Waals surface area contributed by atoms with Crippen molar-refractivity contribution in [3.8, 4) is 0 Å². The van der Waals surface area contributed by atoms with E-state index in [4.69, 9.17) is 28.0 Å². The number of carbonyl (C=O) groups excluding carboxylic acids is 2. The molecular formula is C15H16Cl2N2O3. The van der Waals surface area contributed by atoms with Crippen molar-refractivity contribution < 1.29 is 14.4 Å². The summed E-state index contributed by atoms with van der Waals surface area (Å²) in [6.07, 6.45) is 1.07. The van der Waals surface area contributed by atoms with E-state index in [1.54, 1.807) is 30.4 Å². The molecule has 0 bridgehead atoms. The van der Waals surface area contributed by atoms with Gasteiger partial charge in [-0.2, -0.15) is 5.06 Å². The van der Waals surface area contributed by atoms with Crippen molar-refractivity contribution in [2.75, 3.05) is 20.2 Å². The van der Waals surface area contributed by atoms with Crippen LogP contribution in [0, 0.1) is 0 Å². The zero-order valence-electron chi connectivity index (χ0n) is 12.1. The molecule has 7 heteroatoms. The zero-order chi connectivity index (χ0) is 15.9. The van der Waals surface area contributed by atoms with Crippen LogP contribution < -0.4 is 5.32 Å². The van der Waals surface area contributed by atoms with Crippen LogP contribution in [0.25, 0.3) is 0 Å². The van der Waals surface area contributed by atoms with E-state index < -0.39 is 11.5 Å². The predicted octanol–water partition coefficient (Wildman–Crippen LogP) is 2.17. The fourth-order valence-corrected chi connectivity index (χ4v) is 3.72. The number of hydroxylamine groups is 2. The van der Waals surface area contributed by atoms with E-state index in [-0.39, 0.29) is 11.7 Å². The topological polar surface area (TPSA) is 58.6 Å². The number of rotatable bonds is 2. The second kappa shape index (κ2) is 5.81. The fourth-order valence-electron chi connectivity index (χ4n) is 3.20. The van der Waals surface area contributed by atoms with Gasteiger partial charge >= 0.3 is 0 Å². The first-order valence-electron chi connectivity index (χ1n) is 7.07. The molecule has 1 amide bonds. The van der Waals surface area contributed by atoms with Gasteiger partial charge in [-0.05, 0) is 30.5 Å². The summed E-state index contributed by atoms with van der Waals surface area (Å²) in [5, 5.41) is 5.49. The third-order valence-electron chi connectivity index (χ3n) is 4.47. The maximum atomic E-state index is 12.9. The normalized spacial score (nSPS) is 24.8. The number of nitrogens with one attached hydrogen (secondary N) is 1. The van der Waals surface area contributed by atoms with E-state index in [1.165, 1.54) is 0 Å². The second-order valence-electron chi connectivity index (χ2n) is 5.65. The summed E-state index contributed by atoms with van der Waals surface area (Å²) in [6, 6.07) is 4.84. The summed E-state index contributed by atoms with van der Waals surface area (Å²) in [5.41, 5.74) is -0.292. The molecular weight excluding hydrogens is 327 g/mol. The van der Waals surface area contributed by atoms with E-state index in [1.807, 2.05) is 0 Å². The van der Waals surface area contributed by atoms with Crippen molar-refractivity contribution in [1.29, 1.82) is 0 Å². The number of piperidine rings is 1. The van der Waals surface area contributed by atoms with Gasteiger partial charge in [0.1, 0.15) is 11.5 Å². The summed E-state index contributed by atoms with van der Waals surface area (Å²) in [7, 11) is 1.60. The Morgan fingerprint density at radius 2 is 1.95 bits per heavy atom. The molecule has 1 aromatic rings. The number of Topliss-reactive ketones (excluding diaryl/α,β-unsaturated/α-hetero) is 1. The van der Waals surface area contributed by atoms with Crippen LogP contribution in [0.1, 0.15) is 24.3 Å². The first-order chi connectivity index (χ1) is 10.5. The summed E-state index contributed by atoms with van der Waals surface area (Å²) in [4.78, 5) is 30.4. The van der Waals surface area contributed by atoms with Crippen LogP contribution in [-0.2, 0) is 14.4 Å².